The molecule has 1 fully saturated rings. The Balaban J connectivity index is 2.69. The molecule has 0 aromatic carbocycles. The van der Waals surface area contributed by atoms with Crippen LogP contribution in [0.15, 0.2) is 0 Å². The van der Waals surface area contributed by atoms with Gasteiger partial charge in [-0.05, 0) is 20.3 Å². The highest BCUT2D eigenvalue weighted by molar-refractivity contribution is 5.84. The maximum atomic E-state index is 11.5. The van der Waals surface area contributed by atoms with Crippen molar-refractivity contribution in [3.05, 3.63) is 0 Å². The largest absolute Gasteiger partial charge is 0.342 e. The summed E-state index contributed by atoms with van der Waals surface area (Å²) in [5.74, 6) is 0.225. The molecule has 1 aliphatic rings. The summed E-state index contributed by atoms with van der Waals surface area (Å²) < 4.78 is 0. The van der Waals surface area contributed by atoms with Crippen molar-refractivity contribution in [2.45, 2.75) is 20.3 Å². The first-order valence-corrected chi connectivity index (χ1v) is 4.13. The molecular formula is C8H16N2O. The number of nitrogens with two attached hydrogens (primary N) is 1. The average Bonchev–Trinajstić information content (AvgIpc) is 2.31. The van der Waals surface area contributed by atoms with Crippen molar-refractivity contribution in [2.24, 2.45) is 11.1 Å². The second kappa shape index (κ2) is 2.81. The van der Waals surface area contributed by atoms with E-state index in [0.29, 0.717) is 6.54 Å². The van der Waals surface area contributed by atoms with Crippen LogP contribution in [0.4, 0.5) is 0 Å². The first kappa shape index (κ1) is 8.53. The lowest BCUT2D eigenvalue weighted by Crippen LogP contribution is -2.37. The van der Waals surface area contributed by atoms with Gasteiger partial charge in [0.2, 0.25) is 5.91 Å². The predicted octanol–water partition coefficient (Wildman–Crippen LogP) is 0.204. The quantitative estimate of drug-likeness (QED) is 0.621. The van der Waals surface area contributed by atoms with Crippen molar-refractivity contribution >= 4 is 5.91 Å². The Kier molecular flexibility index (Phi) is 2.18. The smallest absolute Gasteiger partial charge is 0.229 e. The van der Waals surface area contributed by atoms with Gasteiger partial charge in [0.25, 0.3) is 0 Å². The molecule has 1 rings (SSSR count). The summed E-state index contributed by atoms with van der Waals surface area (Å²) in [4.78, 5) is 13.4. The molecule has 0 bridgehead atoms. The van der Waals surface area contributed by atoms with Crippen LogP contribution in [0.5, 0.6) is 0 Å². The van der Waals surface area contributed by atoms with E-state index >= 15 is 0 Å². The molecule has 3 heteroatoms. The standard InChI is InChI=1S/C8H16N2O/c1-3-10-5-4-8(2,6-9)7(10)11/h3-6,9H2,1-2H3/t8-/m0/s1. The summed E-state index contributed by atoms with van der Waals surface area (Å²) in [7, 11) is 0. The highest BCUT2D eigenvalue weighted by Gasteiger charge is 2.40. The Hall–Kier alpha value is -0.570. The minimum absolute atomic E-state index is 0.225. The highest BCUT2D eigenvalue weighted by Crippen LogP contribution is 2.29. The first-order chi connectivity index (χ1) is 5.14. The average molecular weight is 156 g/mol. The monoisotopic (exact) mass is 156 g/mol. The Morgan fingerprint density at radius 2 is 2.36 bits per heavy atom. The molecule has 0 saturated carbocycles. The van der Waals surface area contributed by atoms with Crippen molar-refractivity contribution in [1.82, 2.24) is 4.90 Å². The van der Waals surface area contributed by atoms with Crippen LogP contribution in [0.25, 0.3) is 0 Å². The summed E-state index contributed by atoms with van der Waals surface area (Å²) in [5.41, 5.74) is 5.26. The molecule has 2 N–H and O–H groups in total. The maximum Gasteiger partial charge on any atom is 0.229 e. The third kappa shape index (κ3) is 1.25. The van der Waals surface area contributed by atoms with Gasteiger partial charge in [-0.1, -0.05) is 0 Å². The van der Waals surface area contributed by atoms with Crippen molar-refractivity contribution in [3.8, 4) is 0 Å². The van der Waals surface area contributed by atoms with Crippen molar-refractivity contribution in [3.63, 3.8) is 0 Å². The Morgan fingerprint density at radius 1 is 1.73 bits per heavy atom. The van der Waals surface area contributed by atoms with Gasteiger partial charge in [-0.15, -0.1) is 0 Å². The lowest BCUT2D eigenvalue weighted by molar-refractivity contribution is -0.134. The van der Waals surface area contributed by atoms with E-state index in [2.05, 4.69) is 0 Å². The van der Waals surface area contributed by atoms with Crippen LogP contribution in [0.1, 0.15) is 20.3 Å². The molecule has 0 radical (unpaired) electrons. The van der Waals surface area contributed by atoms with Crippen molar-refractivity contribution in [2.75, 3.05) is 19.6 Å². The number of nitrogens with zero attached hydrogens (tertiary/aromatic N) is 1. The molecule has 11 heavy (non-hydrogen) atoms. The van der Waals surface area contributed by atoms with Crippen LogP contribution in [-0.2, 0) is 4.79 Å². The number of carbonyl (C=O) groups excluding carboxylic acids is 1. The number of rotatable bonds is 2. The number of hydrogen-bond donors (Lipinski definition) is 1. The van der Waals surface area contributed by atoms with E-state index in [4.69, 9.17) is 5.73 Å². The number of hydrogen-bond acceptors (Lipinski definition) is 2. The normalized spacial score (nSPS) is 31.5. The van der Waals surface area contributed by atoms with Crippen LogP contribution >= 0.6 is 0 Å². The molecule has 1 heterocycles. The minimum Gasteiger partial charge on any atom is -0.342 e. The molecule has 64 valence electrons. The number of likely N-dealkylation sites (tertiary alicyclic amines) is 1. The predicted molar refractivity (Wildman–Crippen MR) is 44.0 cm³/mol. The van der Waals surface area contributed by atoms with E-state index < -0.39 is 0 Å². The van der Waals surface area contributed by atoms with Crippen molar-refractivity contribution < 1.29 is 4.79 Å². The summed E-state index contributed by atoms with van der Waals surface area (Å²) in [6, 6.07) is 0. The van der Waals surface area contributed by atoms with E-state index in [1.165, 1.54) is 0 Å². The summed E-state index contributed by atoms with van der Waals surface area (Å²) in [5, 5.41) is 0. The fourth-order valence-electron chi connectivity index (χ4n) is 1.46. The van der Waals surface area contributed by atoms with E-state index in [-0.39, 0.29) is 11.3 Å². The molecule has 0 aromatic heterocycles. The second-order valence-corrected chi connectivity index (χ2v) is 3.40. The molecule has 0 aromatic rings. The SMILES string of the molecule is CCN1CC[C@@](C)(CN)C1=O. The molecule has 1 amide bonds. The summed E-state index contributed by atoms with van der Waals surface area (Å²) >= 11 is 0. The van der Waals surface area contributed by atoms with Crippen LogP contribution in [0, 0.1) is 5.41 Å². The van der Waals surface area contributed by atoms with Gasteiger partial charge in [-0.3, -0.25) is 4.79 Å². The molecule has 1 saturated heterocycles. The van der Waals surface area contributed by atoms with Gasteiger partial charge in [-0.2, -0.15) is 0 Å². The van der Waals surface area contributed by atoms with Gasteiger partial charge in [-0.25, -0.2) is 0 Å². The Morgan fingerprint density at radius 3 is 2.64 bits per heavy atom. The molecule has 1 atom stereocenters. The summed E-state index contributed by atoms with van der Waals surface area (Å²) in [6.45, 7) is 6.12. The zero-order valence-electron chi connectivity index (χ0n) is 7.26. The lowest BCUT2D eigenvalue weighted by Gasteiger charge is -2.20. The van der Waals surface area contributed by atoms with E-state index in [1.807, 2.05) is 18.7 Å². The van der Waals surface area contributed by atoms with E-state index in [1.54, 1.807) is 0 Å². The molecular weight excluding hydrogens is 140 g/mol. The first-order valence-electron chi connectivity index (χ1n) is 4.13. The van der Waals surface area contributed by atoms with E-state index in [0.717, 1.165) is 19.5 Å². The van der Waals surface area contributed by atoms with Crippen LogP contribution in [0.3, 0.4) is 0 Å². The van der Waals surface area contributed by atoms with Gasteiger partial charge in [0.05, 0.1) is 5.41 Å². The molecule has 1 aliphatic heterocycles. The Labute approximate surface area is 67.5 Å². The topological polar surface area (TPSA) is 46.3 Å². The zero-order valence-corrected chi connectivity index (χ0v) is 7.26. The van der Waals surface area contributed by atoms with Gasteiger partial charge in [0.15, 0.2) is 0 Å². The molecule has 0 aliphatic carbocycles. The van der Waals surface area contributed by atoms with Crippen molar-refractivity contribution in [1.29, 1.82) is 0 Å². The van der Waals surface area contributed by atoms with Gasteiger partial charge < -0.3 is 10.6 Å². The minimum atomic E-state index is -0.268. The fourth-order valence-corrected chi connectivity index (χ4v) is 1.46. The third-order valence-electron chi connectivity index (χ3n) is 2.57. The van der Waals surface area contributed by atoms with E-state index in [9.17, 15) is 4.79 Å². The highest BCUT2D eigenvalue weighted by atomic mass is 16.2. The van der Waals surface area contributed by atoms with Gasteiger partial charge >= 0.3 is 0 Å². The molecule has 0 spiro atoms. The Bertz CT molecular complexity index is 169. The third-order valence-corrected chi connectivity index (χ3v) is 2.57. The number of carbonyl (C=O) groups is 1. The molecule has 3 nitrogen and oxygen atoms in total. The second-order valence-electron chi connectivity index (χ2n) is 3.40. The fraction of sp³-hybridized carbons (Fsp3) is 0.875. The lowest BCUT2D eigenvalue weighted by atomic mass is 9.89. The van der Waals surface area contributed by atoms with Crippen LogP contribution in [-0.4, -0.2) is 30.4 Å². The van der Waals surface area contributed by atoms with Crippen LogP contribution in [0.2, 0.25) is 0 Å². The van der Waals surface area contributed by atoms with Gasteiger partial charge in [0, 0.05) is 19.6 Å². The molecule has 0 unspecified atom stereocenters. The van der Waals surface area contributed by atoms with Crippen LogP contribution < -0.4 is 5.73 Å². The van der Waals surface area contributed by atoms with Gasteiger partial charge in [0.1, 0.15) is 0 Å². The zero-order chi connectivity index (χ0) is 8.48. The maximum absolute atomic E-state index is 11.5. The summed E-state index contributed by atoms with van der Waals surface area (Å²) in [6.07, 6.45) is 0.913. The number of amides is 1.